The van der Waals surface area contributed by atoms with Crippen LogP contribution in [0.2, 0.25) is 0 Å². The Labute approximate surface area is 198 Å². The first-order valence-electron chi connectivity index (χ1n) is 11.1. The number of hydrogen-bond donors (Lipinski definition) is 1. The Hall–Kier alpha value is -4.32. The van der Waals surface area contributed by atoms with Crippen LogP contribution in [-0.2, 0) is 13.2 Å². The molecule has 1 amide bonds. The molecule has 0 saturated heterocycles. The molecule has 0 saturated carbocycles. The van der Waals surface area contributed by atoms with E-state index in [0.29, 0.717) is 42.6 Å². The first-order valence-corrected chi connectivity index (χ1v) is 11.1. The molecule has 34 heavy (non-hydrogen) atoms. The summed E-state index contributed by atoms with van der Waals surface area (Å²) < 4.78 is 17.8. The molecular formula is C28H26N2O4. The fraction of sp³-hybridized carbons (Fsp3) is 0.143. The highest BCUT2D eigenvalue weighted by molar-refractivity contribution is 5.93. The van der Waals surface area contributed by atoms with Crippen LogP contribution < -0.4 is 14.8 Å². The zero-order valence-corrected chi connectivity index (χ0v) is 19.0. The second kappa shape index (κ2) is 11.0. The largest absolute Gasteiger partial charge is 0.488 e. The average Bonchev–Trinajstić information content (AvgIpc) is 3.38. The number of carbonyl (C=O) groups excluding carboxylic acids is 1. The normalized spacial score (nSPS) is 10.5. The molecule has 0 atom stereocenters. The number of aromatic nitrogens is 1. The molecule has 3 aromatic carbocycles. The van der Waals surface area contributed by atoms with Gasteiger partial charge in [0.05, 0.1) is 5.56 Å². The van der Waals surface area contributed by atoms with Gasteiger partial charge in [-0.2, -0.15) is 0 Å². The van der Waals surface area contributed by atoms with E-state index in [2.05, 4.69) is 17.1 Å². The van der Waals surface area contributed by atoms with Gasteiger partial charge in [0.25, 0.3) is 5.91 Å². The molecule has 0 unspecified atom stereocenters. The predicted octanol–water partition coefficient (Wildman–Crippen LogP) is 5.89. The minimum Gasteiger partial charge on any atom is -0.488 e. The molecule has 0 bridgehead atoms. The predicted molar refractivity (Wildman–Crippen MR) is 132 cm³/mol. The Kier molecular flexibility index (Phi) is 7.40. The molecule has 6 nitrogen and oxygen atoms in total. The van der Waals surface area contributed by atoms with Gasteiger partial charge < -0.3 is 19.3 Å². The highest BCUT2D eigenvalue weighted by atomic mass is 16.5. The smallest absolute Gasteiger partial charge is 0.273 e. The average molecular weight is 455 g/mol. The van der Waals surface area contributed by atoms with Gasteiger partial charge in [0.15, 0.2) is 11.5 Å². The van der Waals surface area contributed by atoms with E-state index in [0.717, 1.165) is 16.7 Å². The number of rotatable bonds is 10. The van der Waals surface area contributed by atoms with E-state index in [4.69, 9.17) is 14.0 Å². The highest BCUT2D eigenvalue weighted by Crippen LogP contribution is 2.38. The summed E-state index contributed by atoms with van der Waals surface area (Å²) in [5.41, 5.74) is 3.70. The second-order valence-corrected chi connectivity index (χ2v) is 7.57. The number of carbonyl (C=O) groups is 1. The van der Waals surface area contributed by atoms with Crippen LogP contribution in [0.4, 0.5) is 0 Å². The van der Waals surface area contributed by atoms with Gasteiger partial charge in [0, 0.05) is 24.2 Å². The molecule has 0 aliphatic carbocycles. The van der Waals surface area contributed by atoms with E-state index in [-0.39, 0.29) is 11.6 Å². The number of benzene rings is 3. The third kappa shape index (κ3) is 5.53. The Morgan fingerprint density at radius 3 is 2.15 bits per heavy atom. The topological polar surface area (TPSA) is 73.6 Å². The van der Waals surface area contributed by atoms with Crippen molar-refractivity contribution in [1.29, 1.82) is 0 Å². The Balaban J connectivity index is 1.68. The summed E-state index contributed by atoms with van der Waals surface area (Å²) in [6.45, 7) is 7.04. The Morgan fingerprint density at radius 1 is 0.941 bits per heavy atom. The van der Waals surface area contributed by atoms with Crippen molar-refractivity contribution in [3.05, 3.63) is 108 Å². The minimum absolute atomic E-state index is 0.204. The number of ether oxygens (including phenoxy) is 2. The molecule has 1 aromatic heterocycles. The van der Waals surface area contributed by atoms with Crippen LogP contribution in [0.25, 0.3) is 17.4 Å². The molecule has 4 aromatic rings. The summed E-state index contributed by atoms with van der Waals surface area (Å²) in [5, 5.41) is 6.65. The van der Waals surface area contributed by atoms with E-state index in [1.807, 2.05) is 79.7 Å². The fourth-order valence-corrected chi connectivity index (χ4v) is 3.41. The van der Waals surface area contributed by atoms with Crippen molar-refractivity contribution in [2.45, 2.75) is 20.1 Å². The summed E-state index contributed by atoms with van der Waals surface area (Å²) >= 11 is 0. The molecule has 172 valence electrons. The first kappa shape index (κ1) is 22.9. The van der Waals surface area contributed by atoms with Crippen LogP contribution in [0.5, 0.6) is 11.5 Å². The van der Waals surface area contributed by atoms with Gasteiger partial charge in [-0.15, -0.1) is 0 Å². The molecule has 0 aliphatic rings. The molecule has 4 rings (SSSR count). The van der Waals surface area contributed by atoms with Crippen molar-refractivity contribution < 1.29 is 18.8 Å². The summed E-state index contributed by atoms with van der Waals surface area (Å²) in [6, 6.07) is 25.1. The molecular weight excluding hydrogens is 428 g/mol. The quantitative estimate of drug-likeness (QED) is 0.323. The lowest BCUT2D eigenvalue weighted by Crippen LogP contribution is -2.22. The summed E-state index contributed by atoms with van der Waals surface area (Å²) in [5.74, 6) is 1.31. The molecule has 0 aliphatic heterocycles. The molecule has 0 spiro atoms. The maximum atomic E-state index is 12.2. The Bertz CT molecular complexity index is 1250. The molecule has 0 fully saturated rings. The van der Waals surface area contributed by atoms with Crippen molar-refractivity contribution in [3.8, 4) is 22.8 Å². The van der Waals surface area contributed by atoms with Crippen LogP contribution >= 0.6 is 0 Å². The van der Waals surface area contributed by atoms with Crippen molar-refractivity contribution in [3.63, 3.8) is 0 Å². The Morgan fingerprint density at radius 2 is 1.56 bits per heavy atom. The van der Waals surface area contributed by atoms with Crippen molar-refractivity contribution in [2.75, 3.05) is 6.54 Å². The lowest BCUT2D eigenvalue weighted by Gasteiger charge is -2.15. The summed E-state index contributed by atoms with van der Waals surface area (Å²) in [6.07, 6.45) is 1.71. The molecule has 6 heteroatoms. The zero-order chi connectivity index (χ0) is 23.8. The van der Waals surface area contributed by atoms with Crippen molar-refractivity contribution in [1.82, 2.24) is 10.5 Å². The van der Waals surface area contributed by atoms with Crippen molar-refractivity contribution >= 4 is 12.0 Å². The van der Waals surface area contributed by atoms with Gasteiger partial charge in [0.1, 0.15) is 24.7 Å². The number of amides is 1. The van der Waals surface area contributed by atoms with Crippen LogP contribution in [-0.4, -0.2) is 17.6 Å². The lowest BCUT2D eigenvalue weighted by atomic mass is 10.1. The summed E-state index contributed by atoms with van der Waals surface area (Å²) in [7, 11) is 0. The third-order valence-electron chi connectivity index (χ3n) is 5.15. The maximum Gasteiger partial charge on any atom is 0.273 e. The van der Waals surface area contributed by atoms with Gasteiger partial charge in [-0.3, -0.25) is 4.79 Å². The molecule has 1 N–H and O–H groups in total. The molecule has 0 radical (unpaired) electrons. The zero-order valence-electron chi connectivity index (χ0n) is 19.0. The third-order valence-corrected chi connectivity index (χ3v) is 5.15. The van der Waals surface area contributed by atoms with Crippen molar-refractivity contribution in [2.24, 2.45) is 0 Å². The molecule has 1 heterocycles. The standard InChI is InChI=1S/C28H26N2O4/c1-3-22-15-23(27-16-24(30-34-27)28(31)29-4-2)26(33-19-21-13-9-6-10-14-21)17-25(22)32-18-20-11-7-5-8-12-20/h3,5-17H,1,4,18-19H2,2H3,(H,29,31). The number of nitrogens with one attached hydrogen (secondary N) is 1. The van der Waals surface area contributed by atoms with Gasteiger partial charge in [0.2, 0.25) is 0 Å². The lowest BCUT2D eigenvalue weighted by molar-refractivity contribution is 0.0947. The van der Waals surface area contributed by atoms with E-state index >= 15 is 0 Å². The van der Waals surface area contributed by atoms with E-state index in [9.17, 15) is 4.79 Å². The van der Waals surface area contributed by atoms with Gasteiger partial charge in [-0.1, -0.05) is 78.5 Å². The number of hydrogen-bond acceptors (Lipinski definition) is 5. The van der Waals surface area contributed by atoms with Gasteiger partial charge in [-0.05, 0) is 24.1 Å². The highest BCUT2D eigenvalue weighted by Gasteiger charge is 2.19. The van der Waals surface area contributed by atoms with Gasteiger partial charge >= 0.3 is 0 Å². The first-order chi connectivity index (χ1) is 16.7. The monoisotopic (exact) mass is 454 g/mol. The SMILES string of the molecule is C=Cc1cc(-c2cc(C(=O)NCC)no2)c(OCc2ccccc2)cc1OCc1ccccc1. The van der Waals surface area contributed by atoms with E-state index < -0.39 is 0 Å². The van der Waals surface area contributed by atoms with Crippen LogP contribution in [0.3, 0.4) is 0 Å². The number of nitrogens with zero attached hydrogens (tertiary/aromatic N) is 1. The van der Waals surface area contributed by atoms with Gasteiger partial charge in [-0.25, -0.2) is 0 Å². The minimum atomic E-state index is -0.295. The second-order valence-electron chi connectivity index (χ2n) is 7.57. The van der Waals surface area contributed by atoms with E-state index in [1.165, 1.54) is 0 Å². The van der Waals surface area contributed by atoms with Crippen LogP contribution in [0.1, 0.15) is 34.1 Å². The van der Waals surface area contributed by atoms with Crippen LogP contribution in [0, 0.1) is 0 Å². The fourth-order valence-electron chi connectivity index (χ4n) is 3.41. The maximum absolute atomic E-state index is 12.2. The van der Waals surface area contributed by atoms with E-state index in [1.54, 1.807) is 12.1 Å². The van der Waals surface area contributed by atoms with Crippen LogP contribution in [0.15, 0.2) is 90.0 Å². The summed E-state index contributed by atoms with van der Waals surface area (Å²) in [4.78, 5) is 12.2.